The molecule has 1 aromatic heterocycles. The van der Waals surface area contributed by atoms with E-state index in [1.165, 1.54) is 0 Å². The van der Waals surface area contributed by atoms with Gasteiger partial charge in [0.25, 0.3) is 5.56 Å². The van der Waals surface area contributed by atoms with Crippen molar-refractivity contribution in [1.29, 1.82) is 5.26 Å². The smallest absolute Gasteiger partial charge is 0.268 e. The van der Waals surface area contributed by atoms with Crippen LogP contribution in [0.25, 0.3) is 11.1 Å². The van der Waals surface area contributed by atoms with Gasteiger partial charge in [0.1, 0.15) is 11.6 Å². The first-order chi connectivity index (χ1) is 8.79. The fraction of sp³-hybridized carbons (Fsp3) is 0.143. The van der Waals surface area contributed by atoms with Crippen molar-refractivity contribution in [3.8, 4) is 23.1 Å². The first-order valence-electron chi connectivity index (χ1n) is 5.68. The molecule has 0 unspecified atom stereocenters. The number of hydrogen-bond donors (Lipinski definition) is 1. The van der Waals surface area contributed by atoms with Gasteiger partial charge in [-0.25, -0.2) is 0 Å². The van der Waals surface area contributed by atoms with Gasteiger partial charge < -0.3 is 4.74 Å². The van der Waals surface area contributed by atoms with E-state index in [2.05, 4.69) is 4.98 Å². The monoisotopic (exact) mass is 238 g/mol. The van der Waals surface area contributed by atoms with Gasteiger partial charge in [-0.2, -0.15) is 5.26 Å². The van der Waals surface area contributed by atoms with Gasteiger partial charge >= 0.3 is 0 Å². The third-order valence-electron chi connectivity index (χ3n) is 3.05. The zero-order chi connectivity index (χ0) is 12.5. The van der Waals surface area contributed by atoms with Gasteiger partial charge in [-0.1, -0.05) is 24.3 Å². The first kappa shape index (κ1) is 10.6. The molecule has 2 aromatic rings. The summed E-state index contributed by atoms with van der Waals surface area (Å²) in [5.74, 6) is 0.448. The molecule has 1 aliphatic heterocycles. The highest BCUT2D eigenvalue weighted by molar-refractivity contribution is 5.73. The molecule has 4 heteroatoms. The van der Waals surface area contributed by atoms with Crippen molar-refractivity contribution >= 4 is 0 Å². The van der Waals surface area contributed by atoms with Gasteiger partial charge in [0, 0.05) is 12.0 Å². The second-order valence-corrected chi connectivity index (χ2v) is 4.12. The Labute approximate surface area is 103 Å². The molecule has 2 heterocycles. The van der Waals surface area contributed by atoms with Crippen molar-refractivity contribution in [2.24, 2.45) is 0 Å². The van der Waals surface area contributed by atoms with Crippen LogP contribution in [0, 0.1) is 11.3 Å². The Bertz CT molecular complexity index is 710. The molecule has 0 spiro atoms. The molecule has 0 amide bonds. The second kappa shape index (κ2) is 4.04. The Balaban J connectivity index is 2.33. The summed E-state index contributed by atoms with van der Waals surface area (Å²) in [4.78, 5) is 14.2. The molecular weight excluding hydrogens is 228 g/mol. The molecule has 4 nitrogen and oxygen atoms in total. The van der Waals surface area contributed by atoms with Gasteiger partial charge in [0.15, 0.2) is 0 Å². The van der Waals surface area contributed by atoms with Crippen LogP contribution in [-0.4, -0.2) is 11.6 Å². The number of benzene rings is 1. The third-order valence-corrected chi connectivity index (χ3v) is 3.05. The summed E-state index contributed by atoms with van der Waals surface area (Å²) in [6, 6.07) is 11.4. The third kappa shape index (κ3) is 1.57. The zero-order valence-electron chi connectivity index (χ0n) is 9.56. The number of nitrogens with one attached hydrogen (secondary N) is 1. The summed E-state index contributed by atoms with van der Waals surface area (Å²) in [7, 11) is 0. The SMILES string of the molecule is N#Cc1cc2c([nH]c1=O)OCCc1ccccc1-2. The summed E-state index contributed by atoms with van der Waals surface area (Å²) in [5.41, 5.74) is 2.65. The van der Waals surface area contributed by atoms with Crippen molar-refractivity contribution in [1.82, 2.24) is 4.98 Å². The summed E-state index contributed by atoms with van der Waals surface area (Å²) in [6.45, 7) is 0.520. The lowest BCUT2D eigenvalue weighted by Gasteiger charge is -2.07. The number of ether oxygens (including phenoxy) is 1. The summed E-state index contributed by atoms with van der Waals surface area (Å²) >= 11 is 0. The maximum Gasteiger partial charge on any atom is 0.268 e. The Hall–Kier alpha value is -2.54. The summed E-state index contributed by atoms with van der Waals surface area (Å²) in [5, 5.41) is 8.93. The molecule has 0 atom stereocenters. The fourth-order valence-electron chi connectivity index (χ4n) is 2.17. The number of H-pyrrole nitrogens is 1. The molecule has 0 bridgehead atoms. The molecule has 1 aliphatic rings. The Morgan fingerprint density at radius 3 is 2.94 bits per heavy atom. The number of aromatic nitrogens is 1. The molecule has 3 rings (SSSR count). The number of rotatable bonds is 0. The lowest BCUT2D eigenvalue weighted by atomic mass is 9.99. The molecule has 0 radical (unpaired) electrons. The van der Waals surface area contributed by atoms with E-state index < -0.39 is 5.56 Å². The predicted octanol–water partition coefficient (Wildman–Crippen LogP) is 1.85. The maximum atomic E-state index is 11.6. The van der Waals surface area contributed by atoms with E-state index in [-0.39, 0.29) is 5.56 Å². The molecule has 18 heavy (non-hydrogen) atoms. The van der Waals surface area contributed by atoms with Crippen LogP contribution in [0.15, 0.2) is 35.1 Å². The minimum Gasteiger partial charge on any atom is -0.478 e. The van der Waals surface area contributed by atoms with E-state index in [4.69, 9.17) is 10.00 Å². The zero-order valence-corrected chi connectivity index (χ0v) is 9.56. The molecule has 1 aromatic carbocycles. The molecule has 88 valence electrons. The number of pyridine rings is 1. The lowest BCUT2D eigenvalue weighted by molar-refractivity contribution is 0.313. The van der Waals surface area contributed by atoms with E-state index in [9.17, 15) is 4.79 Å². The van der Waals surface area contributed by atoms with Gasteiger partial charge in [-0.3, -0.25) is 9.78 Å². The summed E-state index contributed by atoms with van der Waals surface area (Å²) in [6.07, 6.45) is 0.786. The normalized spacial score (nSPS) is 12.6. The minimum absolute atomic E-state index is 0.106. The van der Waals surface area contributed by atoms with E-state index in [1.54, 1.807) is 6.07 Å². The average molecular weight is 238 g/mol. The van der Waals surface area contributed by atoms with Crippen LogP contribution in [0.1, 0.15) is 11.1 Å². The van der Waals surface area contributed by atoms with E-state index >= 15 is 0 Å². The van der Waals surface area contributed by atoms with Crippen LogP contribution in [0.2, 0.25) is 0 Å². The fourth-order valence-corrected chi connectivity index (χ4v) is 2.17. The van der Waals surface area contributed by atoms with Crippen molar-refractivity contribution in [2.45, 2.75) is 6.42 Å². The van der Waals surface area contributed by atoms with Crippen LogP contribution < -0.4 is 10.3 Å². The van der Waals surface area contributed by atoms with E-state index in [1.807, 2.05) is 30.3 Å². The van der Waals surface area contributed by atoms with Crippen LogP contribution in [0.3, 0.4) is 0 Å². The number of nitrogens with zero attached hydrogens (tertiary/aromatic N) is 1. The maximum absolute atomic E-state index is 11.6. The van der Waals surface area contributed by atoms with Crippen LogP contribution in [-0.2, 0) is 6.42 Å². The number of nitriles is 1. The lowest BCUT2D eigenvalue weighted by Crippen LogP contribution is -2.12. The highest BCUT2D eigenvalue weighted by atomic mass is 16.5. The Morgan fingerprint density at radius 1 is 1.28 bits per heavy atom. The van der Waals surface area contributed by atoms with Gasteiger partial charge in [-0.15, -0.1) is 0 Å². The highest BCUT2D eigenvalue weighted by Gasteiger charge is 2.17. The number of aromatic amines is 1. The quantitative estimate of drug-likeness (QED) is 0.761. The van der Waals surface area contributed by atoms with E-state index in [0.29, 0.717) is 12.5 Å². The van der Waals surface area contributed by atoms with E-state index in [0.717, 1.165) is 23.1 Å². The van der Waals surface area contributed by atoms with Crippen molar-refractivity contribution in [2.75, 3.05) is 6.61 Å². The van der Waals surface area contributed by atoms with Crippen LogP contribution in [0.5, 0.6) is 5.88 Å². The standard InChI is InChI=1S/C14H10N2O2/c15-8-10-7-12-11-4-2-1-3-9(11)5-6-18-14(12)16-13(10)17/h1-4,7H,5-6H2,(H,16,17). The molecule has 1 N–H and O–H groups in total. The Morgan fingerprint density at radius 2 is 2.11 bits per heavy atom. The molecule has 0 saturated heterocycles. The van der Waals surface area contributed by atoms with Gasteiger partial charge in [-0.05, 0) is 17.2 Å². The number of fused-ring (bicyclic) bond motifs is 3. The van der Waals surface area contributed by atoms with Crippen molar-refractivity contribution < 1.29 is 4.74 Å². The topological polar surface area (TPSA) is 65.9 Å². The minimum atomic E-state index is -0.407. The van der Waals surface area contributed by atoms with Crippen molar-refractivity contribution in [3.63, 3.8) is 0 Å². The number of hydrogen-bond acceptors (Lipinski definition) is 3. The average Bonchev–Trinajstić information content (AvgIpc) is 2.56. The Kier molecular flexibility index (Phi) is 2.38. The molecule has 0 fully saturated rings. The van der Waals surface area contributed by atoms with Gasteiger partial charge in [0.05, 0.1) is 6.61 Å². The first-order valence-corrected chi connectivity index (χ1v) is 5.68. The largest absolute Gasteiger partial charge is 0.478 e. The van der Waals surface area contributed by atoms with Crippen LogP contribution >= 0.6 is 0 Å². The molecule has 0 saturated carbocycles. The van der Waals surface area contributed by atoms with Gasteiger partial charge in [0.2, 0.25) is 5.88 Å². The van der Waals surface area contributed by atoms with Crippen LogP contribution in [0.4, 0.5) is 0 Å². The molecule has 0 aliphatic carbocycles. The predicted molar refractivity (Wildman–Crippen MR) is 66.4 cm³/mol. The highest BCUT2D eigenvalue weighted by Crippen LogP contribution is 2.33. The summed E-state index contributed by atoms with van der Waals surface area (Å²) < 4.78 is 5.55. The van der Waals surface area contributed by atoms with Crippen molar-refractivity contribution in [3.05, 3.63) is 51.8 Å². The molecular formula is C14H10N2O2. The second-order valence-electron chi connectivity index (χ2n) is 4.12.